The van der Waals surface area contributed by atoms with Gasteiger partial charge in [0.25, 0.3) is 0 Å². The molecule has 1 unspecified atom stereocenters. The molecular weight excluding hydrogens is 343 g/mol. The highest BCUT2D eigenvalue weighted by atomic mass is 35.5. The van der Waals surface area contributed by atoms with Crippen molar-refractivity contribution in [3.05, 3.63) is 69.2 Å². The molecule has 128 valence electrons. The molecular formula is C19H22Cl2N2O. The fourth-order valence-corrected chi connectivity index (χ4v) is 2.82. The van der Waals surface area contributed by atoms with E-state index in [1.165, 1.54) is 11.1 Å². The van der Waals surface area contributed by atoms with Gasteiger partial charge < -0.3 is 10.2 Å². The van der Waals surface area contributed by atoms with Gasteiger partial charge in [-0.3, -0.25) is 4.79 Å². The van der Waals surface area contributed by atoms with Crippen molar-refractivity contribution in [2.45, 2.75) is 19.4 Å². The Hall–Kier alpha value is -1.55. The molecule has 24 heavy (non-hydrogen) atoms. The zero-order chi connectivity index (χ0) is 17.7. The first-order chi connectivity index (χ1) is 11.4. The molecule has 0 aliphatic heterocycles. The highest BCUT2D eigenvalue weighted by Crippen LogP contribution is 2.23. The minimum Gasteiger partial charge on any atom is -0.354 e. The van der Waals surface area contributed by atoms with Crippen LogP contribution in [0.1, 0.15) is 22.7 Å². The molecule has 0 saturated carbocycles. The first-order valence-electron chi connectivity index (χ1n) is 7.80. The Bertz CT molecular complexity index is 699. The topological polar surface area (TPSA) is 32.3 Å². The van der Waals surface area contributed by atoms with Gasteiger partial charge in [-0.05, 0) is 44.3 Å². The standard InChI is InChI=1S/C19H22Cl2N2O/c1-13-4-7-15(8-5-13)18(23(2)3)12-22-19(24)11-14-6-9-16(20)17(21)10-14/h4-10,18H,11-12H2,1-3H3,(H,22,24). The van der Waals surface area contributed by atoms with Crippen LogP contribution in [0.3, 0.4) is 0 Å². The van der Waals surface area contributed by atoms with E-state index in [1.807, 2.05) is 20.2 Å². The molecule has 0 saturated heterocycles. The van der Waals surface area contributed by atoms with Crippen molar-refractivity contribution >= 4 is 29.1 Å². The van der Waals surface area contributed by atoms with Gasteiger partial charge in [0.05, 0.1) is 22.5 Å². The Morgan fingerprint density at radius 1 is 1.08 bits per heavy atom. The van der Waals surface area contributed by atoms with Gasteiger partial charge in [-0.2, -0.15) is 0 Å². The van der Waals surface area contributed by atoms with Crippen LogP contribution in [0.25, 0.3) is 0 Å². The average molecular weight is 365 g/mol. The van der Waals surface area contributed by atoms with Crippen molar-refractivity contribution < 1.29 is 4.79 Å². The van der Waals surface area contributed by atoms with Crippen LogP contribution in [-0.2, 0) is 11.2 Å². The van der Waals surface area contributed by atoms with Gasteiger partial charge in [-0.15, -0.1) is 0 Å². The number of rotatable bonds is 6. The number of likely N-dealkylation sites (N-methyl/N-ethyl adjacent to an activating group) is 1. The smallest absolute Gasteiger partial charge is 0.224 e. The second-order valence-electron chi connectivity index (χ2n) is 6.12. The maximum Gasteiger partial charge on any atom is 0.224 e. The van der Waals surface area contributed by atoms with E-state index < -0.39 is 0 Å². The van der Waals surface area contributed by atoms with Gasteiger partial charge in [-0.25, -0.2) is 0 Å². The summed E-state index contributed by atoms with van der Waals surface area (Å²) in [6.07, 6.45) is 0.283. The molecule has 1 amide bonds. The van der Waals surface area contributed by atoms with E-state index >= 15 is 0 Å². The van der Waals surface area contributed by atoms with Crippen molar-refractivity contribution in [2.24, 2.45) is 0 Å². The van der Waals surface area contributed by atoms with Crippen LogP contribution in [0, 0.1) is 6.92 Å². The molecule has 0 heterocycles. The van der Waals surface area contributed by atoms with Gasteiger partial charge >= 0.3 is 0 Å². The molecule has 2 rings (SSSR count). The van der Waals surface area contributed by atoms with Crippen LogP contribution in [-0.4, -0.2) is 31.4 Å². The average Bonchev–Trinajstić information content (AvgIpc) is 2.52. The van der Waals surface area contributed by atoms with E-state index in [1.54, 1.807) is 12.1 Å². The zero-order valence-corrected chi connectivity index (χ0v) is 15.7. The lowest BCUT2D eigenvalue weighted by molar-refractivity contribution is -0.120. The Balaban J connectivity index is 1.97. The molecule has 0 radical (unpaired) electrons. The van der Waals surface area contributed by atoms with Crippen molar-refractivity contribution in [2.75, 3.05) is 20.6 Å². The summed E-state index contributed by atoms with van der Waals surface area (Å²) in [5.74, 6) is -0.0349. The number of carbonyl (C=O) groups is 1. The predicted octanol–water partition coefficient (Wildman–Crippen LogP) is 4.26. The van der Waals surface area contributed by atoms with Gasteiger partial charge in [-0.1, -0.05) is 59.1 Å². The number of nitrogens with one attached hydrogen (secondary N) is 1. The van der Waals surface area contributed by atoms with Crippen LogP contribution in [0.5, 0.6) is 0 Å². The molecule has 0 bridgehead atoms. The maximum absolute atomic E-state index is 12.2. The number of amides is 1. The number of hydrogen-bond donors (Lipinski definition) is 1. The predicted molar refractivity (Wildman–Crippen MR) is 101 cm³/mol. The highest BCUT2D eigenvalue weighted by Gasteiger charge is 2.15. The number of nitrogens with zero attached hydrogens (tertiary/aromatic N) is 1. The minimum atomic E-state index is -0.0349. The Kier molecular flexibility index (Phi) is 6.67. The van der Waals surface area contributed by atoms with Crippen molar-refractivity contribution in [3.63, 3.8) is 0 Å². The number of halogens is 2. The molecule has 2 aromatic carbocycles. The largest absolute Gasteiger partial charge is 0.354 e. The Morgan fingerprint density at radius 2 is 1.75 bits per heavy atom. The maximum atomic E-state index is 12.2. The van der Waals surface area contributed by atoms with Crippen molar-refractivity contribution in [3.8, 4) is 0 Å². The summed E-state index contributed by atoms with van der Waals surface area (Å²) in [5.41, 5.74) is 3.25. The summed E-state index contributed by atoms with van der Waals surface area (Å²) >= 11 is 11.9. The molecule has 5 heteroatoms. The van der Waals surface area contributed by atoms with Crippen LogP contribution >= 0.6 is 23.2 Å². The first-order valence-corrected chi connectivity index (χ1v) is 8.56. The van der Waals surface area contributed by atoms with Gasteiger partial charge in [0, 0.05) is 6.54 Å². The lowest BCUT2D eigenvalue weighted by atomic mass is 10.0. The number of aryl methyl sites for hydroxylation is 1. The number of hydrogen-bond acceptors (Lipinski definition) is 2. The molecule has 2 aromatic rings. The fraction of sp³-hybridized carbons (Fsp3) is 0.316. The van der Waals surface area contributed by atoms with Crippen LogP contribution in [0.4, 0.5) is 0 Å². The number of carbonyl (C=O) groups excluding carboxylic acids is 1. The lowest BCUT2D eigenvalue weighted by Crippen LogP contribution is -2.35. The molecule has 0 aliphatic rings. The van der Waals surface area contributed by atoms with E-state index in [2.05, 4.69) is 41.4 Å². The van der Waals surface area contributed by atoms with Crippen LogP contribution in [0.2, 0.25) is 10.0 Å². The normalized spacial score (nSPS) is 12.2. The first kappa shape index (κ1) is 18.8. The van der Waals surface area contributed by atoms with Crippen molar-refractivity contribution in [1.29, 1.82) is 0 Å². The van der Waals surface area contributed by atoms with E-state index in [0.717, 1.165) is 5.56 Å². The summed E-state index contributed by atoms with van der Waals surface area (Å²) in [6.45, 7) is 2.61. The highest BCUT2D eigenvalue weighted by molar-refractivity contribution is 6.42. The quantitative estimate of drug-likeness (QED) is 0.830. The SMILES string of the molecule is Cc1ccc(C(CNC(=O)Cc2ccc(Cl)c(Cl)c2)N(C)C)cc1. The second-order valence-corrected chi connectivity index (χ2v) is 6.93. The van der Waals surface area contributed by atoms with Crippen LogP contribution < -0.4 is 5.32 Å². The monoisotopic (exact) mass is 364 g/mol. The van der Waals surface area contributed by atoms with E-state index in [9.17, 15) is 4.79 Å². The molecule has 0 aliphatic carbocycles. The summed E-state index contributed by atoms with van der Waals surface area (Å²) < 4.78 is 0. The molecule has 0 aromatic heterocycles. The third-order valence-corrected chi connectivity index (χ3v) is 4.67. The van der Waals surface area contributed by atoms with Crippen LogP contribution in [0.15, 0.2) is 42.5 Å². The third kappa shape index (κ3) is 5.23. The second kappa shape index (κ2) is 8.52. The summed E-state index contributed by atoms with van der Waals surface area (Å²) in [6, 6.07) is 13.8. The summed E-state index contributed by atoms with van der Waals surface area (Å²) in [4.78, 5) is 14.3. The zero-order valence-electron chi connectivity index (χ0n) is 14.1. The molecule has 0 spiro atoms. The Labute approximate surface area is 153 Å². The van der Waals surface area contributed by atoms with Gasteiger partial charge in [0.15, 0.2) is 0 Å². The molecule has 1 N–H and O–H groups in total. The van der Waals surface area contributed by atoms with Gasteiger partial charge in [0.2, 0.25) is 5.91 Å². The molecule has 3 nitrogen and oxygen atoms in total. The number of benzene rings is 2. The molecule has 1 atom stereocenters. The summed E-state index contributed by atoms with van der Waals surface area (Å²) in [5, 5.41) is 3.96. The fourth-order valence-electron chi connectivity index (χ4n) is 2.50. The van der Waals surface area contributed by atoms with E-state index in [4.69, 9.17) is 23.2 Å². The third-order valence-electron chi connectivity index (χ3n) is 3.93. The van der Waals surface area contributed by atoms with E-state index in [-0.39, 0.29) is 18.4 Å². The minimum absolute atomic E-state index is 0.0349. The summed E-state index contributed by atoms with van der Waals surface area (Å²) in [7, 11) is 4.02. The Morgan fingerprint density at radius 3 is 2.33 bits per heavy atom. The van der Waals surface area contributed by atoms with Gasteiger partial charge in [0.1, 0.15) is 0 Å². The van der Waals surface area contributed by atoms with E-state index in [0.29, 0.717) is 16.6 Å². The molecule has 0 fully saturated rings. The lowest BCUT2D eigenvalue weighted by Gasteiger charge is -2.25. The van der Waals surface area contributed by atoms with Crippen molar-refractivity contribution in [1.82, 2.24) is 10.2 Å².